The normalized spacial score (nSPS) is 36.9. The molecule has 0 aromatic heterocycles. The van der Waals surface area contributed by atoms with Crippen LogP contribution in [0.3, 0.4) is 0 Å². The zero-order valence-electron chi connectivity index (χ0n) is 16.4. The van der Waals surface area contributed by atoms with Crippen LogP contribution in [0.15, 0.2) is 36.9 Å². The van der Waals surface area contributed by atoms with Crippen LogP contribution in [0, 0.1) is 29.1 Å². The van der Waals surface area contributed by atoms with Crippen LogP contribution in [0.5, 0.6) is 0 Å². The number of carbonyl (C=O) groups excluding carboxylic acids is 2. The van der Waals surface area contributed by atoms with Crippen molar-refractivity contribution in [2.24, 2.45) is 29.1 Å². The lowest BCUT2D eigenvalue weighted by molar-refractivity contribution is -0.155. The summed E-state index contributed by atoms with van der Waals surface area (Å²) in [4.78, 5) is 25.4. The van der Waals surface area contributed by atoms with Crippen LogP contribution in [0.25, 0.3) is 0 Å². The Bertz CT molecular complexity index is 767. The first-order valence-corrected chi connectivity index (χ1v) is 10.3. The molecule has 4 rings (SSSR count). The molecule has 2 saturated carbocycles. The van der Waals surface area contributed by atoms with E-state index >= 15 is 0 Å². The molecule has 0 bridgehead atoms. The Morgan fingerprint density at radius 3 is 2.74 bits per heavy atom. The monoisotopic (exact) mass is 366 g/mol. The number of rotatable bonds is 4. The Balaban J connectivity index is 1.84. The fourth-order valence-electron chi connectivity index (χ4n) is 7.07. The van der Waals surface area contributed by atoms with Crippen molar-refractivity contribution in [3.63, 3.8) is 0 Å². The number of benzene rings is 1. The molecular weight excluding hydrogens is 336 g/mol. The van der Waals surface area contributed by atoms with Crippen molar-refractivity contribution in [3.05, 3.63) is 48.0 Å². The van der Waals surface area contributed by atoms with Gasteiger partial charge in [-0.2, -0.15) is 0 Å². The van der Waals surface area contributed by atoms with Crippen molar-refractivity contribution in [1.29, 1.82) is 0 Å². The molecule has 2 fully saturated rings. The quantitative estimate of drug-likeness (QED) is 0.573. The van der Waals surface area contributed by atoms with Gasteiger partial charge in [0.1, 0.15) is 5.78 Å². The zero-order valence-corrected chi connectivity index (χ0v) is 16.4. The number of aryl methyl sites for hydroxylation is 1. The van der Waals surface area contributed by atoms with E-state index in [9.17, 15) is 9.59 Å². The summed E-state index contributed by atoms with van der Waals surface area (Å²) in [6.07, 6.45) is 7.75. The predicted octanol–water partition coefficient (Wildman–Crippen LogP) is 4.70. The molecule has 0 heterocycles. The summed E-state index contributed by atoms with van der Waals surface area (Å²) in [5.41, 5.74) is 2.59. The Morgan fingerprint density at radius 2 is 2.04 bits per heavy atom. The van der Waals surface area contributed by atoms with Crippen LogP contribution in [-0.2, 0) is 20.7 Å². The molecule has 6 atom stereocenters. The average Bonchev–Trinajstić information content (AvgIpc) is 3.06. The van der Waals surface area contributed by atoms with Gasteiger partial charge >= 0.3 is 5.97 Å². The van der Waals surface area contributed by atoms with Gasteiger partial charge in [0.05, 0.1) is 13.0 Å². The number of hydrogen-bond donors (Lipinski definition) is 0. The van der Waals surface area contributed by atoms with Gasteiger partial charge in [-0.3, -0.25) is 9.59 Å². The van der Waals surface area contributed by atoms with Crippen molar-refractivity contribution in [2.45, 2.75) is 51.4 Å². The molecular formula is C24H30O3. The number of ketones is 1. The molecule has 0 aliphatic heterocycles. The van der Waals surface area contributed by atoms with Gasteiger partial charge in [-0.15, -0.1) is 6.58 Å². The number of methoxy groups -OCH3 is 1. The van der Waals surface area contributed by atoms with Gasteiger partial charge in [-0.25, -0.2) is 0 Å². The SMILES string of the molecule is C=CC[C@@]12C[C@H](C(=O)OC)[C@@H]3c4ccccc4CC[C@H]3[C@@H]1CC[C@H]2C(C)=O. The van der Waals surface area contributed by atoms with Gasteiger partial charge in [0.15, 0.2) is 0 Å². The highest BCUT2D eigenvalue weighted by Gasteiger charge is 2.61. The zero-order chi connectivity index (χ0) is 19.2. The number of fused-ring (bicyclic) bond motifs is 5. The second-order valence-corrected chi connectivity index (χ2v) is 8.83. The van der Waals surface area contributed by atoms with Gasteiger partial charge in [0.25, 0.3) is 0 Å². The summed E-state index contributed by atoms with van der Waals surface area (Å²) in [5, 5.41) is 0. The van der Waals surface area contributed by atoms with Crippen LogP contribution in [-0.4, -0.2) is 18.9 Å². The smallest absolute Gasteiger partial charge is 0.309 e. The first-order valence-electron chi connectivity index (χ1n) is 10.3. The fourth-order valence-corrected chi connectivity index (χ4v) is 7.07. The van der Waals surface area contributed by atoms with Crippen molar-refractivity contribution >= 4 is 11.8 Å². The summed E-state index contributed by atoms with van der Waals surface area (Å²) in [6, 6.07) is 8.60. The third-order valence-electron chi connectivity index (χ3n) is 7.89. The van der Waals surface area contributed by atoms with E-state index in [1.54, 1.807) is 6.92 Å². The third-order valence-corrected chi connectivity index (χ3v) is 7.89. The minimum absolute atomic E-state index is 0.0470. The lowest BCUT2D eigenvalue weighted by Crippen LogP contribution is -2.51. The van der Waals surface area contributed by atoms with Crippen LogP contribution >= 0.6 is 0 Å². The highest BCUT2D eigenvalue weighted by Crippen LogP contribution is 2.66. The molecule has 3 nitrogen and oxygen atoms in total. The minimum atomic E-state index is -0.169. The maximum atomic E-state index is 12.9. The fraction of sp³-hybridized carbons (Fsp3) is 0.583. The first-order chi connectivity index (χ1) is 13.0. The largest absolute Gasteiger partial charge is 0.469 e. The average molecular weight is 367 g/mol. The number of carbonyl (C=O) groups is 2. The molecule has 3 heteroatoms. The summed E-state index contributed by atoms with van der Waals surface area (Å²) < 4.78 is 5.27. The highest BCUT2D eigenvalue weighted by molar-refractivity contribution is 5.80. The van der Waals surface area contributed by atoms with Gasteiger partial charge in [0, 0.05) is 11.8 Å². The topological polar surface area (TPSA) is 43.4 Å². The number of esters is 1. The molecule has 27 heavy (non-hydrogen) atoms. The molecule has 0 saturated heterocycles. The van der Waals surface area contributed by atoms with E-state index in [0.29, 0.717) is 11.8 Å². The van der Waals surface area contributed by atoms with E-state index in [0.717, 1.165) is 38.5 Å². The van der Waals surface area contributed by atoms with Gasteiger partial charge in [-0.1, -0.05) is 30.3 Å². The lowest BCUT2D eigenvalue weighted by Gasteiger charge is -2.54. The molecule has 1 aromatic rings. The molecule has 0 unspecified atom stereocenters. The summed E-state index contributed by atoms with van der Waals surface area (Å²) >= 11 is 0. The number of allylic oxidation sites excluding steroid dienone is 1. The van der Waals surface area contributed by atoms with E-state index in [4.69, 9.17) is 4.74 Å². The summed E-state index contributed by atoms with van der Waals surface area (Å²) in [5.74, 6) is 1.19. The van der Waals surface area contributed by atoms with Gasteiger partial charge in [-0.05, 0) is 73.8 Å². The van der Waals surface area contributed by atoms with Crippen LogP contribution in [0.2, 0.25) is 0 Å². The summed E-state index contributed by atoms with van der Waals surface area (Å²) in [7, 11) is 1.50. The Labute approximate surface area is 162 Å². The number of Topliss-reactive ketones (excluding diaryl/α,β-unsaturated/α-hetero) is 1. The Hall–Kier alpha value is -1.90. The first kappa shape index (κ1) is 18.5. The van der Waals surface area contributed by atoms with Crippen LogP contribution in [0.1, 0.15) is 56.1 Å². The molecule has 1 aromatic carbocycles. The van der Waals surface area contributed by atoms with Crippen LogP contribution in [0.4, 0.5) is 0 Å². The van der Waals surface area contributed by atoms with Crippen molar-refractivity contribution < 1.29 is 14.3 Å². The summed E-state index contributed by atoms with van der Waals surface area (Å²) in [6.45, 7) is 5.74. The molecule has 144 valence electrons. The van der Waals surface area contributed by atoms with Crippen molar-refractivity contribution in [1.82, 2.24) is 0 Å². The van der Waals surface area contributed by atoms with E-state index in [1.165, 1.54) is 18.2 Å². The third kappa shape index (κ3) is 2.69. The van der Waals surface area contributed by atoms with Crippen molar-refractivity contribution in [2.75, 3.05) is 7.11 Å². The molecule has 0 radical (unpaired) electrons. The van der Waals surface area contributed by atoms with E-state index < -0.39 is 0 Å². The lowest BCUT2D eigenvalue weighted by atomic mass is 9.49. The maximum absolute atomic E-state index is 12.9. The minimum Gasteiger partial charge on any atom is -0.469 e. The van der Waals surface area contributed by atoms with Gasteiger partial charge < -0.3 is 4.74 Å². The number of ether oxygens (including phenoxy) is 1. The Morgan fingerprint density at radius 1 is 1.26 bits per heavy atom. The van der Waals surface area contributed by atoms with Crippen molar-refractivity contribution in [3.8, 4) is 0 Å². The van der Waals surface area contributed by atoms with Gasteiger partial charge in [0.2, 0.25) is 0 Å². The molecule has 0 N–H and O–H groups in total. The highest BCUT2D eigenvalue weighted by atomic mass is 16.5. The van der Waals surface area contributed by atoms with E-state index in [2.05, 4.69) is 30.8 Å². The standard InChI is InChI=1S/C24H30O3/c1-4-13-24-14-19(23(26)27-3)22-17-8-6-5-7-16(17)9-10-18(22)21(24)12-11-20(24)15(2)25/h4-8,18-22H,1,9-14H2,2-3H3/t18-,19-,20-,21-,22+,24-/m0/s1. The predicted molar refractivity (Wildman–Crippen MR) is 105 cm³/mol. The second kappa shape index (κ2) is 6.92. The molecule has 0 amide bonds. The molecule has 0 spiro atoms. The van der Waals surface area contributed by atoms with Crippen LogP contribution < -0.4 is 0 Å². The van der Waals surface area contributed by atoms with E-state index in [-0.39, 0.29) is 34.9 Å². The Kier molecular flexibility index (Phi) is 4.73. The molecule has 3 aliphatic rings. The maximum Gasteiger partial charge on any atom is 0.309 e. The molecule has 3 aliphatic carbocycles. The second-order valence-electron chi connectivity index (χ2n) is 8.83. The van der Waals surface area contributed by atoms with E-state index in [1.807, 2.05) is 6.08 Å². The number of hydrogen-bond acceptors (Lipinski definition) is 3.